The first-order chi connectivity index (χ1) is 12.3. The van der Waals surface area contributed by atoms with Crippen LogP contribution in [0, 0.1) is 5.92 Å². The zero-order valence-corrected chi connectivity index (χ0v) is 14.4. The Morgan fingerprint density at radius 3 is 2.56 bits per heavy atom. The molecule has 0 atom stereocenters. The minimum atomic E-state index is 0.0313. The highest BCUT2D eigenvalue weighted by atomic mass is 16.5. The Labute approximate surface area is 148 Å². The van der Waals surface area contributed by atoms with Gasteiger partial charge in [0.05, 0.1) is 13.2 Å². The second kappa shape index (κ2) is 7.38. The molecular weight excluding hydrogens is 312 g/mol. The van der Waals surface area contributed by atoms with Gasteiger partial charge in [-0.05, 0) is 47.6 Å². The summed E-state index contributed by atoms with van der Waals surface area (Å²) >= 11 is 0. The number of fused-ring (bicyclic) bond motifs is 1. The van der Waals surface area contributed by atoms with E-state index in [1.807, 2.05) is 24.3 Å². The molecule has 2 aliphatic rings. The Morgan fingerprint density at radius 2 is 1.84 bits per heavy atom. The maximum atomic E-state index is 12.4. The summed E-state index contributed by atoms with van der Waals surface area (Å²) in [6.45, 7) is 3.57. The maximum absolute atomic E-state index is 12.4. The molecule has 0 radical (unpaired) electrons. The van der Waals surface area contributed by atoms with E-state index in [0.717, 1.165) is 36.9 Å². The number of rotatable bonds is 7. The van der Waals surface area contributed by atoms with E-state index in [2.05, 4.69) is 34.5 Å². The second-order valence-corrected chi connectivity index (χ2v) is 7.12. The molecule has 4 nitrogen and oxygen atoms in total. The highest BCUT2D eigenvalue weighted by Crippen LogP contribution is 2.29. The monoisotopic (exact) mass is 336 g/mol. The lowest BCUT2D eigenvalue weighted by atomic mass is 10.1. The van der Waals surface area contributed by atoms with Crippen molar-refractivity contribution in [2.75, 3.05) is 18.5 Å². The number of hydrogen-bond donors (Lipinski definition) is 1. The minimum Gasteiger partial charge on any atom is -0.376 e. The topological polar surface area (TPSA) is 41.6 Å². The Kier molecular flexibility index (Phi) is 4.81. The van der Waals surface area contributed by atoms with Gasteiger partial charge in [0.15, 0.2) is 0 Å². The van der Waals surface area contributed by atoms with Crippen LogP contribution in [0.25, 0.3) is 0 Å². The van der Waals surface area contributed by atoms with Crippen LogP contribution in [0.15, 0.2) is 48.5 Å². The van der Waals surface area contributed by atoms with Gasteiger partial charge in [0, 0.05) is 25.4 Å². The molecule has 1 aliphatic heterocycles. The van der Waals surface area contributed by atoms with Crippen LogP contribution >= 0.6 is 0 Å². The molecule has 0 saturated heterocycles. The molecule has 1 amide bonds. The molecule has 1 fully saturated rings. The van der Waals surface area contributed by atoms with Crippen molar-refractivity contribution in [3.05, 3.63) is 65.2 Å². The number of nitrogens with zero attached hydrogens (tertiary/aromatic N) is 1. The van der Waals surface area contributed by atoms with E-state index < -0.39 is 0 Å². The fourth-order valence-electron chi connectivity index (χ4n) is 3.29. The van der Waals surface area contributed by atoms with Gasteiger partial charge in [-0.25, -0.2) is 0 Å². The highest BCUT2D eigenvalue weighted by molar-refractivity contribution is 5.92. The van der Waals surface area contributed by atoms with Crippen LogP contribution in [0.5, 0.6) is 0 Å². The summed E-state index contributed by atoms with van der Waals surface area (Å²) in [6, 6.07) is 16.3. The lowest BCUT2D eigenvalue weighted by Gasteiger charge is -2.15. The largest absolute Gasteiger partial charge is 0.376 e. The number of carbonyl (C=O) groups excluding carboxylic acids is 1. The average Bonchev–Trinajstić information content (AvgIpc) is 3.33. The van der Waals surface area contributed by atoms with E-state index in [1.54, 1.807) is 0 Å². The van der Waals surface area contributed by atoms with E-state index in [4.69, 9.17) is 4.74 Å². The third-order valence-electron chi connectivity index (χ3n) is 4.80. The highest BCUT2D eigenvalue weighted by Gasteiger charge is 2.21. The van der Waals surface area contributed by atoms with Crippen molar-refractivity contribution in [3.8, 4) is 0 Å². The minimum absolute atomic E-state index is 0.0313. The molecule has 0 aromatic heterocycles. The van der Waals surface area contributed by atoms with Gasteiger partial charge in [0.2, 0.25) is 5.91 Å². The summed E-state index contributed by atoms with van der Waals surface area (Å²) < 4.78 is 5.73. The molecule has 0 spiro atoms. The van der Waals surface area contributed by atoms with Crippen LogP contribution in [0.2, 0.25) is 0 Å². The van der Waals surface area contributed by atoms with E-state index in [1.165, 1.54) is 24.0 Å². The third-order valence-corrected chi connectivity index (χ3v) is 4.80. The molecule has 0 unspecified atom stereocenters. The molecule has 2 aromatic rings. The molecule has 1 saturated carbocycles. The number of carbonyl (C=O) groups is 1. The van der Waals surface area contributed by atoms with Crippen LogP contribution in [0.4, 0.5) is 5.69 Å². The Bertz CT molecular complexity index is 730. The van der Waals surface area contributed by atoms with Crippen molar-refractivity contribution in [2.24, 2.45) is 5.92 Å². The maximum Gasteiger partial charge on any atom is 0.238 e. The number of benzene rings is 2. The van der Waals surface area contributed by atoms with Crippen LogP contribution < -0.4 is 5.32 Å². The summed E-state index contributed by atoms with van der Waals surface area (Å²) in [5.41, 5.74) is 4.59. The molecule has 1 N–H and O–H groups in total. The first-order valence-electron chi connectivity index (χ1n) is 9.02. The summed E-state index contributed by atoms with van der Waals surface area (Å²) in [4.78, 5) is 14.5. The van der Waals surface area contributed by atoms with Crippen LogP contribution in [0.3, 0.4) is 0 Å². The quantitative estimate of drug-likeness (QED) is 0.840. The Hall–Kier alpha value is -2.17. The van der Waals surface area contributed by atoms with E-state index in [-0.39, 0.29) is 5.91 Å². The normalized spacial score (nSPS) is 16.6. The second-order valence-electron chi connectivity index (χ2n) is 7.12. The van der Waals surface area contributed by atoms with Crippen LogP contribution in [-0.2, 0) is 29.2 Å². The van der Waals surface area contributed by atoms with Gasteiger partial charge in [0.1, 0.15) is 0 Å². The molecule has 0 bridgehead atoms. The summed E-state index contributed by atoms with van der Waals surface area (Å²) in [5.74, 6) is 0.802. The first kappa shape index (κ1) is 16.3. The van der Waals surface area contributed by atoms with Gasteiger partial charge < -0.3 is 10.1 Å². The first-order valence-corrected chi connectivity index (χ1v) is 9.02. The van der Waals surface area contributed by atoms with Gasteiger partial charge in [-0.15, -0.1) is 0 Å². The lowest BCUT2D eigenvalue weighted by Crippen LogP contribution is -2.29. The van der Waals surface area contributed by atoms with Gasteiger partial charge in [0.25, 0.3) is 0 Å². The Balaban J connectivity index is 1.27. The zero-order valence-electron chi connectivity index (χ0n) is 14.4. The molecule has 25 heavy (non-hydrogen) atoms. The standard InChI is InChI=1S/C21H24N2O2/c24-21(13-23-11-18-5-1-2-6-19(18)12-23)22-20-7-3-4-17(10-20)15-25-14-16-8-9-16/h1-7,10,16H,8-9,11-15H2,(H,22,24). The van der Waals surface area contributed by atoms with E-state index >= 15 is 0 Å². The molecule has 1 heterocycles. The third kappa shape index (κ3) is 4.47. The molecular formula is C21H24N2O2. The van der Waals surface area contributed by atoms with Crippen molar-refractivity contribution >= 4 is 11.6 Å². The van der Waals surface area contributed by atoms with Gasteiger partial charge in [-0.1, -0.05) is 36.4 Å². The number of nitrogens with one attached hydrogen (secondary N) is 1. The number of anilines is 1. The van der Waals surface area contributed by atoms with Crippen molar-refractivity contribution < 1.29 is 9.53 Å². The Morgan fingerprint density at radius 1 is 1.08 bits per heavy atom. The van der Waals surface area contributed by atoms with Gasteiger partial charge >= 0.3 is 0 Å². The fourth-order valence-corrected chi connectivity index (χ4v) is 3.29. The summed E-state index contributed by atoms with van der Waals surface area (Å²) in [7, 11) is 0. The van der Waals surface area contributed by atoms with Crippen molar-refractivity contribution in [1.29, 1.82) is 0 Å². The van der Waals surface area contributed by atoms with Crippen molar-refractivity contribution in [2.45, 2.75) is 32.5 Å². The predicted octanol–water partition coefficient (Wildman–Crippen LogP) is 3.57. The van der Waals surface area contributed by atoms with Crippen LogP contribution in [-0.4, -0.2) is 24.0 Å². The summed E-state index contributed by atoms with van der Waals surface area (Å²) in [6.07, 6.45) is 2.60. The molecule has 4 heteroatoms. The lowest BCUT2D eigenvalue weighted by molar-refractivity contribution is -0.117. The average molecular weight is 336 g/mol. The SMILES string of the molecule is O=C(CN1Cc2ccccc2C1)Nc1cccc(COCC2CC2)c1. The number of amides is 1. The number of hydrogen-bond acceptors (Lipinski definition) is 3. The van der Waals surface area contributed by atoms with Crippen LogP contribution in [0.1, 0.15) is 29.5 Å². The smallest absolute Gasteiger partial charge is 0.238 e. The predicted molar refractivity (Wildman–Crippen MR) is 98.0 cm³/mol. The van der Waals surface area contributed by atoms with E-state index in [0.29, 0.717) is 13.2 Å². The molecule has 130 valence electrons. The van der Waals surface area contributed by atoms with Crippen molar-refractivity contribution in [3.63, 3.8) is 0 Å². The fraction of sp³-hybridized carbons (Fsp3) is 0.381. The number of ether oxygens (including phenoxy) is 1. The van der Waals surface area contributed by atoms with Gasteiger partial charge in [-0.2, -0.15) is 0 Å². The zero-order chi connectivity index (χ0) is 17.1. The molecule has 1 aliphatic carbocycles. The summed E-state index contributed by atoms with van der Waals surface area (Å²) in [5, 5.41) is 3.01. The molecule has 2 aromatic carbocycles. The van der Waals surface area contributed by atoms with E-state index in [9.17, 15) is 4.79 Å². The van der Waals surface area contributed by atoms with Gasteiger partial charge in [-0.3, -0.25) is 9.69 Å². The molecule has 4 rings (SSSR count). The van der Waals surface area contributed by atoms with Crippen molar-refractivity contribution in [1.82, 2.24) is 4.90 Å².